The molecule has 0 aromatic heterocycles. The number of hydrogen-bond donors (Lipinski definition) is 0. The predicted octanol–water partition coefficient (Wildman–Crippen LogP) is 3.99. The molecule has 0 spiro atoms. The second-order valence-electron chi connectivity index (χ2n) is 4.64. The Kier molecular flexibility index (Phi) is 3.70. The lowest BCUT2D eigenvalue weighted by atomic mass is 9.94. The second-order valence-corrected chi connectivity index (χ2v) is 4.64. The third-order valence-electron chi connectivity index (χ3n) is 3.45. The summed E-state index contributed by atoms with van der Waals surface area (Å²) in [4.78, 5) is 12.1. The normalized spacial score (nSPS) is 19.6. The zero-order chi connectivity index (χ0) is 11.4. The minimum absolute atomic E-state index is 0.210. The van der Waals surface area contributed by atoms with E-state index in [1.54, 1.807) is 0 Å². The molecule has 1 heterocycles. The van der Waals surface area contributed by atoms with Crippen LogP contribution in [0.25, 0.3) is 0 Å². The Morgan fingerprint density at radius 1 is 1.31 bits per heavy atom. The molecule has 0 N–H and O–H groups in total. The summed E-state index contributed by atoms with van der Waals surface area (Å²) in [5.74, 6) is 0. The van der Waals surface area contributed by atoms with E-state index in [1.165, 1.54) is 29.6 Å². The lowest BCUT2D eigenvalue weighted by Gasteiger charge is -2.15. The molecule has 0 aliphatic carbocycles. The molecule has 1 unspecified atom stereocenters. The van der Waals surface area contributed by atoms with Crippen molar-refractivity contribution in [3.8, 4) is 0 Å². The molecule has 0 saturated carbocycles. The summed E-state index contributed by atoms with van der Waals surface area (Å²) < 4.78 is 1.24. The van der Waals surface area contributed by atoms with Crippen molar-refractivity contribution in [2.45, 2.75) is 51.5 Å². The van der Waals surface area contributed by atoms with Crippen LogP contribution in [0.4, 0.5) is 5.69 Å². The number of nitroso groups, excluding NO2 is 1. The van der Waals surface area contributed by atoms with Crippen LogP contribution >= 0.6 is 0 Å². The van der Waals surface area contributed by atoms with E-state index >= 15 is 0 Å². The van der Waals surface area contributed by atoms with Crippen molar-refractivity contribution in [2.24, 2.45) is 0 Å². The third kappa shape index (κ3) is 2.31. The maximum absolute atomic E-state index is 12.1. The third-order valence-corrected chi connectivity index (χ3v) is 3.45. The van der Waals surface area contributed by atoms with Crippen LogP contribution in [0.2, 0.25) is 0 Å². The molecule has 2 rings (SSSR count). The molecule has 0 saturated heterocycles. The maximum atomic E-state index is 12.1. The van der Waals surface area contributed by atoms with Crippen LogP contribution in [-0.2, 0) is 6.42 Å². The first-order valence-corrected chi connectivity index (χ1v) is 6.37. The highest BCUT2D eigenvalue weighted by Crippen LogP contribution is 2.30. The van der Waals surface area contributed by atoms with Gasteiger partial charge in [0.2, 0.25) is 6.04 Å². The zero-order valence-corrected chi connectivity index (χ0v) is 9.98. The van der Waals surface area contributed by atoms with E-state index in [4.69, 9.17) is 0 Å². The largest absolute Gasteiger partial charge is 0.259 e. The first-order valence-electron chi connectivity index (χ1n) is 6.37. The molecule has 0 bridgehead atoms. The summed E-state index contributed by atoms with van der Waals surface area (Å²) in [6, 6.07) is 8.21. The molecule has 2 nitrogen and oxygen atoms in total. The topological polar surface area (TPSA) is 20.1 Å². The molecule has 0 radical (unpaired) electrons. The van der Waals surface area contributed by atoms with Gasteiger partial charge in [-0.3, -0.25) is 0 Å². The van der Waals surface area contributed by atoms with Crippen molar-refractivity contribution in [1.29, 1.82) is 0 Å². The highest BCUT2D eigenvalue weighted by Gasteiger charge is 2.33. The number of nitrogens with zero attached hydrogens (tertiary/aromatic N) is 1. The fraction of sp³-hybridized carbons (Fsp3) is 0.571. The Morgan fingerprint density at radius 3 is 2.94 bits per heavy atom. The number of aryl methyl sites for hydroxylation is 1. The van der Waals surface area contributed by atoms with Crippen LogP contribution in [-0.4, -0.2) is 10.8 Å². The van der Waals surface area contributed by atoms with E-state index in [1.807, 2.05) is 18.2 Å². The van der Waals surface area contributed by atoms with Crippen molar-refractivity contribution in [3.63, 3.8) is 0 Å². The van der Waals surface area contributed by atoms with Gasteiger partial charge < -0.3 is 0 Å². The molecule has 2 heteroatoms. The van der Waals surface area contributed by atoms with Gasteiger partial charge >= 0.3 is 0 Å². The van der Waals surface area contributed by atoms with E-state index in [9.17, 15) is 4.91 Å². The molecular weight excluding hydrogens is 198 g/mol. The smallest absolute Gasteiger partial charge is 0.0654 e. The molecule has 0 amide bonds. The van der Waals surface area contributed by atoms with Gasteiger partial charge in [-0.05, 0) is 12.8 Å². The minimum Gasteiger partial charge on any atom is -0.0654 e. The monoisotopic (exact) mass is 218 g/mol. The van der Waals surface area contributed by atoms with Gasteiger partial charge in [0.25, 0.3) is 5.69 Å². The highest BCUT2D eigenvalue weighted by molar-refractivity contribution is 5.40. The van der Waals surface area contributed by atoms with Gasteiger partial charge in [0.15, 0.2) is 0 Å². The van der Waals surface area contributed by atoms with Gasteiger partial charge in [0.05, 0.1) is 0 Å². The Morgan fingerprint density at radius 2 is 2.12 bits per heavy atom. The summed E-state index contributed by atoms with van der Waals surface area (Å²) in [5.41, 5.74) is 2.11. The summed E-state index contributed by atoms with van der Waals surface area (Å²) in [7, 11) is 0. The van der Waals surface area contributed by atoms with Crippen molar-refractivity contribution < 1.29 is 4.76 Å². The molecule has 1 aromatic carbocycles. The number of benzene rings is 1. The van der Waals surface area contributed by atoms with Crippen molar-refractivity contribution in [3.05, 3.63) is 34.7 Å². The fourth-order valence-electron chi connectivity index (χ4n) is 2.46. The van der Waals surface area contributed by atoms with E-state index < -0.39 is 0 Å². The van der Waals surface area contributed by atoms with E-state index in [0.717, 1.165) is 24.9 Å². The maximum Gasteiger partial charge on any atom is 0.259 e. The average molecular weight is 218 g/mol. The zero-order valence-electron chi connectivity index (χ0n) is 9.98. The van der Waals surface area contributed by atoms with Crippen LogP contribution < -0.4 is 0 Å². The number of rotatable bonds is 4. The van der Waals surface area contributed by atoms with Crippen LogP contribution in [0, 0.1) is 4.91 Å². The average Bonchev–Trinajstić information content (AvgIpc) is 2.33. The molecule has 1 atom stereocenters. The van der Waals surface area contributed by atoms with Crippen LogP contribution in [0.15, 0.2) is 24.3 Å². The standard InChI is InChI=1S/C14H20NO/c1-2-3-4-8-13-11-10-12-7-5-6-9-14(12)15(13)16/h5-7,9,13H,2-4,8,10-11H2,1H3/q+1. The number of unbranched alkanes of at least 4 members (excludes halogenated alkanes) is 2. The van der Waals surface area contributed by atoms with E-state index in [-0.39, 0.29) is 6.04 Å². The van der Waals surface area contributed by atoms with Gasteiger partial charge in [-0.25, -0.2) is 0 Å². The summed E-state index contributed by atoms with van der Waals surface area (Å²) >= 11 is 0. The van der Waals surface area contributed by atoms with Gasteiger partial charge in [0, 0.05) is 34.1 Å². The highest BCUT2D eigenvalue weighted by atomic mass is 16.3. The summed E-state index contributed by atoms with van der Waals surface area (Å²) in [6.07, 6.45) is 6.78. The number of fused-ring (bicyclic) bond motifs is 1. The molecule has 1 aliphatic rings. The van der Waals surface area contributed by atoms with Gasteiger partial charge in [-0.1, -0.05) is 38.0 Å². The molecule has 86 valence electrons. The Balaban J connectivity index is 2.03. The minimum atomic E-state index is 0.210. The van der Waals surface area contributed by atoms with Crippen molar-refractivity contribution in [1.82, 2.24) is 0 Å². The lowest BCUT2D eigenvalue weighted by Crippen LogP contribution is -2.26. The Hall–Kier alpha value is -1.18. The number of hydrogen-bond acceptors (Lipinski definition) is 1. The quantitative estimate of drug-likeness (QED) is 0.552. The van der Waals surface area contributed by atoms with Crippen LogP contribution in [0.5, 0.6) is 0 Å². The van der Waals surface area contributed by atoms with Crippen LogP contribution in [0.1, 0.15) is 44.6 Å². The van der Waals surface area contributed by atoms with Gasteiger partial charge in [-0.2, -0.15) is 0 Å². The van der Waals surface area contributed by atoms with Gasteiger partial charge in [0.1, 0.15) is 0 Å². The van der Waals surface area contributed by atoms with Crippen molar-refractivity contribution in [2.75, 3.05) is 0 Å². The first kappa shape index (κ1) is 11.3. The molecule has 16 heavy (non-hydrogen) atoms. The molecule has 1 aromatic rings. The SMILES string of the molecule is CCCCCC1CCc2ccccc2[N+]1=O. The second kappa shape index (κ2) is 5.24. The number of para-hydroxylation sites is 1. The van der Waals surface area contributed by atoms with Crippen LogP contribution in [0.3, 0.4) is 0 Å². The molecule has 0 fully saturated rings. The summed E-state index contributed by atoms with van der Waals surface area (Å²) in [5, 5.41) is 0. The molecule has 1 aliphatic heterocycles. The Labute approximate surface area is 97.2 Å². The van der Waals surface area contributed by atoms with E-state index in [0.29, 0.717) is 0 Å². The lowest BCUT2D eigenvalue weighted by molar-refractivity contribution is -0.513. The van der Waals surface area contributed by atoms with Gasteiger partial charge in [-0.15, -0.1) is 0 Å². The Bertz CT molecular complexity index is 373. The predicted molar refractivity (Wildman–Crippen MR) is 66.0 cm³/mol. The van der Waals surface area contributed by atoms with Crippen molar-refractivity contribution >= 4 is 5.69 Å². The molecular formula is C14H20NO+. The summed E-state index contributed by atoms with van der Waals surface area (Å²) in [6.45, 7) is 2.20. The van der Waals surface area contributed by atoms with E-state index in [2.05, 4.69) is 13.0 Å². The fourth-order valence-corrected chi connectivity index (χ4v) is 2.46. The first-order chi connectivity index (χ1) is 7.83.